The molecule has 3 aromatic rings. The van der Waals surface area contributed by atoms with Crippen LogP contribution in [-0.2, 0) is 14.1 Å². The van der Waals surface area contributed by atoms with Gasteiger partial charge in [0.15, 0.2) is 0 Å². The van der Waals surface area contributed by atoms with E-state index < -0.39 is 0 Å². The zero-order valence-electron chi connectivity index (χ0n) is 11.2. The van der Waals surface area contributed by atoms with Crippen LogP contribution in [0.4, 0.5) is 0 Å². The van der Waals surface area contributed by atoms with Gasteiger partial charge in [0.25, 0.3) is 12.7 Å². The second-order valence-corrected chi connectivity index (χ2v) is 4.56. The molecule has 0 radical (unpaired) electrons. The van der Waals surface area contributed by atoms with Gasteiger partial charge in [-0.25, -0.2) is 9.13 Å². The molecule has 2 heterocycles. The van der Waals surface area contributed by atoms with Gasteiger partial charge in [-0.3, -0.25) is 0 Å². The van der Waals surface area contributed by atoms with E-state index in [0.717, 1.165) is 11.4 Å². The van der Waals surface area contributed by atoms with Crippen LogP contribution in [0.1, 0.15) is 5.56 Å². The molecule has 0 spiro atoms. The van der Waals surface area contributed by atoms with Crippen molar-refractivity contribution in [2.24, 2.45) is 14.1 Å². The smallest absolute Gasteiger partial charge is 0.240 e. The maximum absolute atomic E-state index is 9.17. The Morgan fingerprint density at radius 3 is 1.80 bits per heavy atom. The second kappa shape index (κ2) is 4.59. The summed E-state index contributed by atoms with van der Waals surface area (Å²) in [6.07, 6.45) is 7.08. The third kappa shape index (κ3) is 2.14. The van der Waals surface area contributed by atoms with Crippen LogP contribution in [0, 0.1) is 11.3 Å². The van der Waals surface area contributed by atoms with E-state index >= 15 is 0 Å². The number of hydrogen-bond acceptors (Lipinski definition) is 3. The quantitative estimate of drug-likeness (QED) is 0.592. The van der Waals surface area contributed by atoms with Crippen molar-refractivity contribution in [3.63, 3.8) is 0 Å². The van der Waals surface area contributed by atoms with E-state index in [4.69, 9.17) is 0 Å². The molecule has 0 aliphatic heterocycles. The molecule has 0 N–H and O–H groups in total. The molecule has 0 saturated carbocycles. The number of rotatable bonds is 2. The van der Waals surface area contributed by atoms with Crippen molar-refractivity contribution in [1.29, 1.82) is 5.26 Å². The van der Waals surface area contributed by atoms with Gasteiger partial charge in [-0.1, -0.05) is 9.36 Å². The molecule has 0 aliphatic carbocycles. The topological polar surface area (TPSA) is 67.2 Å². The summed E-state index contributed by atoms with van der Waals surface area (Å²) in [5.74, 6) is 0. The van der Waals surface area contributed by atoms with Crippen LogP contribution in [0.2, 0.25) is 0 Å². The highest BCUT2D eigenvalue weighted by molar-refractivity contribution is 5.50. The van der Waals surface area contributed by atoms with Gasteiger partial charge in [0.1, 0.15) is 11.4 Å². The van der Waals surface area contributed by atoms with Gasteiger partial charge in [0.2, 0.25) is 12.7 Å². The predicted octanol–water partition coefficient (Wildman–Crippen LogP) is -0.421. The van der Waals surface area contributed by atoms with E-state index in [-0.39, 0.29) is 0 Å². The summed E-state index contributed by atoms with van der Waals surface area (Å²) >= 11 is 0. The largest absolute Gasteiger partial charge is 0.265 e. The standard InChI is InChI=1S/C13H13N7/c1-17-7-15-19(9-17)12-3-11(6-14)4-13(5-12)20-10-18(2)8-16-20/h3-5,7-10H,1-2H3/q+2. The number of aromatic nitrogens is 6. The molecule has 7 heteroatoms. The molecular formula is C13H13N7+2. The van der Waals surface area contributed by atoms with E-state index in [1.54, 1.807) is 34.2 Å². The van der Waals surface area contributed by atoms with Crippen LogP contribution >= 0.6 is 0 Å². The fourth-order valence-electron chi connectivity index (χ4n) is 1.93. The Labute approximate surface area is 115 Å². The molecule has 0 fully saturated rings. The van der Waals surface area contributed by atoms with E-state index in [1.165, 1.54) is 0 Å². The molecule has 0 unspecified atom stereocenters. The van der Waals surface area contributed by atoms with Crippen molar-refractivity contribution in [2.45, 2.75) is 0 Å². The lowest BCUT2D eigenvalue weighted by Gasteiger charge is -1.98. The first kappa shape index (κ1) is 12.0. The summed E-state index contributed by atoms with van der Waals surface area (Å²) in [4.78, 5) is 0. The minimum atomic E-state index is 0.564. The molecule has 0 aliphatic rings. The molecular weight excluding hydrogens is 254 g/mol. The number of aryl methyl sites for hydroxylation is 2. The van der Waals surface area contributed by atoms with Crippen LogP contribution in [0.5, 0.6) is 0 Å². The Bertz CT molecular complexity index is 748. The summed E-state index contributed by atoms with van der Waals surface area (Å²) in [5, 5.41) is 17.6. The van der Waals surface area contributed by atoms with Gasteiger partial charge in [-0.05, 0) is 12.1 Å². The summed E-state index contributed by atoms with van der Waals surface area (Å²) in [6.45, 7) is 0. The Kier molecular flexibility index (Phi) is 2.76. The van der Waals surface area contributed by atoms with Crippen LogP contribution in [0.15, 0.2) is 43.5 Å². The number of hydrogen-bond donors (Lipinski definition) is 0. The molecule has 0 atom stereocenters. The average Bonchev–Trinajstić information content (AvgIpc) is 3.07. The fourth-order valence-corrected chi connectivity index (χ4v) is 1.93. The Morgan fingerprint density at radius 1 is 0.950 bits per heavy atom. The molecule has 98 valence electrons. The van der Waals surface area contributed by atoms with Crippen molar-refractivity contribution in [3.05, 3.63) is 49.1 Å². The van der Waals surface area contributed by atoms with E-state index in [0.29, 0.717) is 5.56 Å². The Morgan fingerprint density at radius 2 is 1.45 bits per heavy atom. The number of nitrogens with zero attached hydrogens (tertiary/aromatic N) is 7. The fraction of sp³-hybridized carbons (Fsp3) is 0.154. The summed E-state index contributed by atoms with van der Waals surface area (Å²) in [7, 11) is 3.79. The minimum absolute atomic E-state index is 0.564. The van der Waals surface area contributed by atoms with E-state index in [9.17, 15) is 5.26 Å². The first-order valence-corrected chi connectivity index (χ1v) is 6.01. The van der Waals surface area contributed by atoms with Crippen molar-refractivity contribution >= 4 is 0 Å². The molecule has 0 bridgehead atoms. The van der Waals surface area contributed by atoms with Gasteiger partial charge in [-0.2, -0.15) is 5.26 Å². The monoisotopic (exact) mass is 267 g/mol. The van der Waals surface area contributed by atoms with Crippen molar-refractivity contribution in [1.82, 2.24) is 19.6 Å². The number of nitriles is 1. The van der Waals surface area contributed by atoms with E-state index in [1.807, 2.05) is 42.0 Å². The summed E-state index contributed by atoms with van der Waals surface area (Å²) < 4.78 is 7.11. The van der Waals surface area contributed by atoms with Crippen LogP contribution in [-0.4, -0.2) is 19.6 Å². The molecule has 7 nitrogen and oxygen atoms in total. The third-order valence-corrected chi connectivity index (χ3v) is 2.86. The molecule has 0 amide bonds. The highest BCUT2D eigenvalue weighted by Crippen LogP contribution is 2.15. The van der Waals surface area contributed by atoms with Crippen LogP contribution in [0.25, 0.3) is 11.4 Å². The minimum Gasteiger partial charge on any atom is -0.240 e. The number of benzene rings is 1. The zero-order valence-corrected chi connectivity index (χ0v) is 11.2. The first-order chi connectivity index (χ1) is 9.65. The normalized spacial score (nSPS) is 10.4. The highest BCUT2D eigenvalue weighted by Gasteiger charge is 2.14. The maximum atomic E-state index is 9.17. The van der Waals surface area contributed by atoms with Gasteiger partial charge in [0.05, 0.1) is 25.7 Å². The first-order valence-electron chi connectivity index (χ1n) is 6.01. The summed E-state index contributed by atoms with van der Waals surface area (Å²) in [6, 6.07) is 7.68. The van der Waals surface area contributed by atoms with Crippen molar-refractivity contribution in [2.75, 3.05) is 0 Å². The second-order valence-electron chi connectivity index (χ2n) is 4.56. The van der Waals surface area contributed by atoms with Crippen molar-refractivity contribution < 1.29 is 9.13 Å². The zero-order chi connectivity index (χ0) is 14.1. The van der Waals surface area contributed by atoms with Gasteiger partial charge in [-0.15, -0.1) is 0 Å². The van der Waals surface area contributed by atoms with Crippen LogP contribution in [0.3, 0.4) is 0 Å². The molecule has 1 aromatic carbocycles. The predicted molar refractivity (Wildman–Crippen MR) is 67.8 cm³/mol. The maximum Gasteiger partial charge on any atom is 0.265 e. The molecule has 0 saturated heterocycles. The third-order valence-electron chi connectivity index (χ3n) is 2.86. The lowest BCUT2D eigenvalue weighted by atomic mass is 10.2. The average molecular weight is 267 g/mol. The molecule has 2 aromatic heterocycles. The van der Waals surface area contributed by atoms with E-state index in [2.05, 4.69) is 16.3 Å². The highest BCUT2D eigenvalue weighted by atomic mass is 15.4. The SMILES string of the molecule is C[n+]1cnn(-c2cc(C#N)cc(-n3c[n+](C)cn3)c2)c1. The van der Waals surface area contributed by atoms with Crippen LogP contribution < -0.4 is 9.13 Å². The van der Waals surface area contributed by atoms with Crippen molar-refractivity contribution in [3.8, 4) is 17.4 Å². The lowest BCUT2D eigenvalue weighted by Crippen LogP contribution is -2.23. The van der Waals surface area contributed by atoms with Gasteiger partial charge >= 0.3 is 0 Å². The molecule has 20 heavy (non-hydrogen) atoms. The molecule has 3 rings (SSSR count). The summed E-state index contributed by atoms with van der Waals surface area (Å²) in [5.41, 5.74) is 2.20. The Balaban J connectivity index is 2.15. The van der Waals surface area contributed by atoms with Gasteiger partial charge < -0.3 is 0 Å². The lowest BCUT2D eigenvalue weighted by molar-refractivity contribution is -0.672. The van der Waals surface area contributed by atoms with Gasteiger partial charge in [0, 0.05) is 16.3 Å². The Hall–Kier alpha value is -3.01.